The molecule has 1 N–H and O–H groups in total. The molecule has 0 fully saturated rings. The van der Waals surface area contributed by atoms with Crippen molar-refractivity contribution in [1.29, 1.82) is 0 Å². The summed E-state index contributed by atoms with van der Waals surface area (Å²) in [5, 5.41) is 3.30. The zero-order valence-corrected chi connectivity index (χ0v) is 9.33. The van der Waals surface area contributed by atoms with Gasteiger partial charge in [-0.2, -0.15) is 0 Å². The predicted molar refractivity (Wildman–Crippen MR) is 63.7 cm³/mol. The van der Waals surface area contributed by atoms with Crippen LogP contribution in [-0.2, 0) is 6.54 Å². The summed E-state index contributed by atoms with van der Waals surface area (Å²) in [5.74, 6) is 2.63. The van der Waals surface area contributed by atoms with Crippen LogP contribution in [0.2, 0.25) is 0 Å². The highest BCUT2D eigenvalue weighted by Gasteiger charge is 2.05. The van der Waals surface area contributed by atoms with Gasteiger partial charge in [0.1, 0.15) is 0 Å². The number of nitrogens with zero attached hydrogens (tertiary/aromatic N) is 2. The molecule has 0 aliphatic heterocycles. The lowest BCUT2D eigenvalue weighted by atomic mass is 10.2. The SMILES string of the molecule is C#CCN(C)c1cnccc1CNCC. The Morgan fingerprint density at radius 2 is 2.40 bits per heavy atom. The summed E-state index contributed by atoms with van der Waals surface area (Å²) >= 11 is 0. The van der Waals surface area contributed by atoms with Crippen LogP contribution in [-0.4, -0.2) is 25.1 Å². The second-order valence-corrected chi connectivity index (χ2v) is 3.34. The molecule has 1 aromatic heterocycles. The van der Waals surface area contributed by atoms with Crippen LogP contribution in [0.15, 0.2) is 18.5 Å². The molecular weight excluding hydrogens is 186 g/mol. The van der Waals surface area contributed by atoms with Crippen molar-refractivity contribution >= 4 is 5.69 Å². The number of aromatic nitrogens is 1. The number of pyridine rings is 1. The number of hydrogen-bond donors (Lipinski definition) is 1. The Morgan fingerprint density at radius 3 is 3.07 bits per heavy atom. The van der Waals surface area contributed by atoms with E-state index in [0.29, 0.717) is 6.54 Å². The quantitative estimate of drug-likeness (QED) is 0.730. The van der Waals surface area contributed by atoms with Gasteiger partial charge in [-0.15, -0.1) is 6.42 Å². The van der Waals surface area contributed by atoms with E-state index in [1.807, 2.05) is 24.2 Å². The van der Waals surface area contributed by atoms with Gasteiger partial charge in [-0.25, -0.2) is 0 Å². The van der Waals surface area contributed by atoms with Crippen molar-refractivity contribution in [2.24, 2.45) is 0 Å². The number of hydrogen-bond acceptors (Lipinski definition) is 3. The van der Waals surface area contributed by atoms with Crippen molar-refractivity contribution in [1.82, 2.24) is 10.3 Å². The maximum atomic E-state index is 5.29. The van der Waals surface area contributed by atoms with Gasteiger partial charge in [0.05, 0.1) is 18.4 Å². The van der Waals surface area contributed by atoms with Gasteiger partial charge in [-0.05, 0) is 18.2 Å². The number of nitrogens with one attached hydrogen (secondary N) is 1. The molecule has 0 aliphatic carbocycles. The van der Waals surface area contributed by atoms with Crippen LogP contribution in [0.25, 0.3) is 0 Å². The van der Waals surface area contributed by atoms with Crippen LogP contribution < -0.4 is 10.2 Å². The molecule has 0 unspecified atom stereocenters. The molecule has 3 heteroatoms. The molecule has 0 spiro atoms. The summed E-state index contributed by atoms with van der Waals surface area (Å²) < 4.78 is 0. The van der Waals surface area contributed by atoms with E-state index >= 15 is 0 Å². The molecule has 0 amide bonds. The zero-order chi connectivity index (χ0) is 11.1. The highest BCUT2D eigenvalue weighted by Crippen LogP contribution is 2.16. The Balaban J connectivity index is 2.81. The minimum absolute atomic E-state index is 0.602. The lowest BCUT2D eigenvalue weighted by Gasteiger charge is -2.19. The molecule has 80 valence electrons. The minimum atomic E-state index is 0.602. The molecule has 0 radical (unpaired) electrons. The van der Waals surface area contributed by atoms with Crippen LogP contribution in [0.3, 0.4) is 0 Å². The van der Waals surface area contributed by atoms with E-state index in [-0.39, 0.29) is 0 Å². The third kappa shape index (κ3) is 3.26. The summed E-state index contributed by atoms with van der Waals surface area (Å²) in [4.78, 5) is 6.15. The molecule has 1 heterocycles. The van der Waals surface area contributed by atoms with Gasteiger partial charge < -0.3 is 10.2 Å². The van der Waals surface area contributed by atoms with E-state index in [0.717, 1.165) is 18.8 Å². The van der Waals surface area contributed by atoms with Gasteiger partial charge in [0.15, 0.2) is 0 Å². The summed E-state index contributed by atoms with van der Waals surface area (Å²) in [5.41, 5.74) is 2.32. The van der Waals surface area contributed by atoms with E-state index in [9.17, 15) is 0 Å². The van der Waals surface area contributed by atoms with Crippen molar-refractivity contribution in [3.05, 3.63) is 24.0 Å². The second-order valence-electron chi connectivity index (χ2n) is 3.34. The molecular formula is C12H17N3. The van der Waals surface area contributed by atoms with Crippen LogP contribution in [0.5, 0.6) is 0 Å². The van der Waals surface area contributed by atoms with Crippen molar-refractivity contribution < 1.29 is 0 Å². The Morgan fingerprint density at radius 1 is 1.60 bits per heavy atom. The third-order valence-corrected chi connectivity index (χ3v) is 2.19. The van der Waals surface area contributed by atoms with Gasteiger partial charge in [-0.3, -0.25) is 4.98 Å². The smallest absolute Gasteiger partial charge is 0.0789 e. The summed E-state index contributed by atoms with van der Waals surface area (Å²) in [6.07, 6.45) is 8.95. The van der Waals surface area contributed by atoms with Crippen molar-refractivity contribution in [2.75, 3.05) is 25.0 Å². The van der Waals surface area contributed by atoms with E-state index in [1.165, 1.54) is 5.56 Å². The van der Waals surface area contributed by atoms with Gasteiger partial charge in [-0.1, -0.05) is 12.8 Å². The topological polar surface area (TPSA) is 28.2 Å². The standard InChI is InChI=1S/C12H17N3/c1-4-8-15(3)12-10-14-7-6-11(12)9-13-5-2/h1,6-7,10,13H,5,8-9H2,2-3H3. The average Bonchev–Trinajstić information content (AvgIpc) is 2.27. The Hall–Kier alpha value is -1.53. The fraction of sp³-hybridized carbons (Fsp3) is 0.417. The van der Waals surface area contributed by atoms with Crippen LogP contribution in [0, 0.1) is 12.3 Å². The molecule has 0 bridgehead atoms. The maximum absolute atomic E-state index is 5.29. The summed E-state index contributed by atoms with van der Waals surface area (Å²) in [6, 6.07) is 2.02. The highest BCUT2D eigenvalue weighted by atomic mass is 15.1. The fourth-order valence-corrected chi connectivity index (χ4v) is 1.39. The zero-order valence-electron chi connectivity index (χ0n) is 9.33. The summed E-state index contributed by atoms with van der Waals surface area (Å²) in [7, 11) is 1.98. The first-order valence-corrected chi connectivity index (χ1v) is 5.07. The molecule has 1 rings (SSSR count). The van der Waals surface area contributed by atoms with Crippen molar-refractivity contribution in [3.63, 3.8) is 0 Å². The van der Waals surface area contributed by atoms with Gasteiger partial charge >= 0.3 is 0 Å². The molecule has 3 nitrogen and oxygen atoms in total. The molecule has 0 saturated heterocycles. The van der Waals surface area contributed by atoms with Crippen LogP contribution in [0.4, 0.5) is 5.69 Å². The Kier molecular flexibility index (Phi) is 4.65. The first kappa shape index (κ1) is 11.5. The monoisotopic (exact) mass is 203 g/mol. The van der Waals surface area contributed by atoms with Crippen molar-refractivity contribution in [2.45, 2.75) is 13.5 Å². The summed E-state index contributed by atoms with van der Waals surface area (Å²) in [6.45, 7) is 4.50. The van der Waals surface area contributed by atoms with Gasteiger partial charge in [0.25, 0.3) is 0 Å². The molecule has 0 aromatic carbocycles. The van der Waals surface area contributed by atoms with E-state index < -0.39 is 0 Å². The van der Waals surface area contributed by atoms with E-state index in [2.05, 4.69) is 23.1 Å². The lowest BCUT2D eigenvalue weighted by Crippen LogP contribution is -2.21. The number of rotatable bonds is 5. The Bertz CT molecular complexity index is 341. The first-order valence-electron chi connectivity index (χ1n) is 5.07. The molecule has 0 atom stereocenters. The number of anilines is 1. The predicted octanol–water partition coefficient (Wildman–Crippen LogP) is 1.26. The largest absolute Gasteiger partial charge is 0.362 e. The van der Waals surface area contributed by atoms with Crippen LogP contribution in [0.1, 0.15) is 12.5 Å². The van der Waals surface area contributed by atoms with E-state index in [4.69, 9.17) is 6.42 Å². The normalized spacial score (nSPS) is 9.67. The Labute approximate surface area is 91.5 Å². The molecule has 1 aromatic rings. The maximum Gasteiger partial charge on any atom is 0.0789 e. The minimum Gasteiger partial charge on any atom is -0.362 e. The van der Waals surface area contributed by atoms with E-state index in [1.54, 1.807) is 6.20 Å². The molecule has 0 saturated carbocycles. The fourth-order valence-electron chi connectivity index (χ4n) is 1.39. The second kappa shape index (κ2) is 6.05. The lowest BCUT2D eigenvalue weighted by molar-refractivity contribution is 0.724. The average molecular weight is 203 g/mol. The first-order chi connectivity index (χ1) is 7.29. The van der Waals surface area contributed by atoms with Gasteiger partial charge in [0, 0.05) is 19.8 Å². The highest BCUT2D eigenvalue weighted by molar-refractivity contribution is 5.51. The third-order valence-electron chi connectivity index (χ3n) is 2.19. The molecule has 15 heavy (non-hydrogen) atoms. The number of terminal acetylenes is 1. The van der Waals surface area contributed by atoms with Crippen molar-refractivity contribution in [3.8, 4) is 12.3 Å². The van der Waals surface area contributed by atoms with Crippen LogP contribution >= 0.6 is 0 Å². The van der Waals surface area contributed by atoms with Gasteiger partial charge in [0.2, 0.25) is 0 Å². The molecule has 0 aliphatic rings.